The summed E-state index contributed by atoms with van der Waals surface area (Å²) in [5.41, 5.74) is 3.66. The van der Waals surface area contributed by atoms with Gasteiger partial charge in [-0.25, -0.2) is 0 Å². The molecule has 0 fully saturated rings. The van der Waals surface area contributed by atoms with E-state index >= 15 is 0 Å². The first kappa shape index (κ1) is 8.76. The molecule has 0 aromatic heterocycles. The fourth-order valence-electron chi connectivity index (χ4n) is 1.44. The second-order valence-electron chi connectivity index (χ2n) is 3.19. The molecule has 2 aromatic rings. The molecule has 0 aliphatic heterocycles. The molecule has 0 spiro atoms. The minimum atomic E-state index is 1.16. The normalized spacial score (nSPS) is 9.71. The quantitative estimate of drug-likeness (QED) is 0.655. The second kappa shape index (κ2) is 3.93. The minimum absolute atomic E-state index is 1.16. The predicted octanol–water partition coefficient (Wildman–Crippen LogP) is 4.00. The van der Waals surface area contributed by atoms with Crippen LogP contribution in [0.5, 0.6) is 0 Å². The van der Waals surface area contributed by atoms with Crippen LogP contribution in [-0.4, -0.2) is 0 Å². The van der Waals surface area contributed by atoms with Crippen LogP contribution in [0.1, 0.15) is 5.56 Å². The molecule has 0 amide bonds. The Hall–Kier alpha value is -1.82. The van der Waals surface area contributed by atoms with Crippen LogP contribution in [0.2, 0.25) is 0 Å². The van der Waals surface area contributed by atoms with E-state index in [0.717, 1.165) is 5.56 Å². The summed E-state index contributed by atoms with van der Waals surface area (Å²) >= 11 is 0. The van der Waals surface area contributed by atoms with Gasteiger partial charge in [0, 0.05) is 0 Å². The summed E-state index contributed by atoms with van der Waals surface area (Å²) in [7, 11) is 0. The van der Waals surface area contributed by atoms with Crippen LogP contribution in [0.4, 0.5) is 0 Å². The highest BCUT2D eigenvalue weighted by atomic mass is 14.0. The molecule has 0 N–H and O–H groups in total. The van der Waals surface area contributed by atoms with Gasteiger partial charge in [0.1, 0.15) is 0 Å². The average molecular weight is 180 g/mol. The molecule has 0 heterocycles. The van der Waals surface area contributed by atoms with Crippen molar-refractivity contribution in [2.24, 2.45) is 0 Å². The average Bonchev–Trinajstić information content (AvgIpc) is 2.30. The summed E-state index contributed by atoms with van der Waals surface area (Å²) in [5, 5.41) is 0. The Kier molecular flexibility index (Phi) is 2.46. The highest BCUT2D eigenvalue weighted by Gasteiger charge is 1.94. The molecule has 14 heavy (non-hydrogen) atoms. The third-order valence-electron chi connectivity index (χ3n) is 2.25. The molecule has 0 saturated carbocycles. The fourth-order valence-corrected chi connectivity index (χ4v) is 1.44. The van der Waals surface area contributed by atoms with E-state index in [4.69, 9.17) is 0 Å². The Morgan fingerprint density at radius 3 is 1.86 bits per heavy atom. The van der Waals surface area contributed by atoms with Crippen molar-refractivity contribution in [1.82, 2.24) is 0 Å². The maximum Gasteiger partial charge on any atom is -0.0184 e. The largest absolute Gasteiger partial charge is 0.0985 e. The first-order valence-corrected chi connectivity index (χ1v) is 4.68. The Morgan fingerprint density at radius 2 is 1.29 bits per heavy atom. The molecule has 0 atom stereocenters. The van der Waals surface area contributed by atoms with Crippen LogP contribution in [0.15, 0.2) is 61.2 Å². The molecule has 0 unspecified atom stereocenters. The topological polar surface area (TPSA) is 0 Å². The molecule has 0 bridgehead atoms. The van der Waals surface area contributed by atoms with Crippen molar-refractivity contribution in [3.05, 3.63) is 66.7 Å². The number of benzene rings is 2. The first-order chi connectivity index (χ1) is 6.90. The molecule has 0 saturated heterocycles. The van der Waals surface area contributed by atoms with Crippen molar-refractivity contribution in [3.63, 3.8) is 0 Å². The van der Waals surface area contributed by atoms with E-state index in [1.807, 2.05) is 12.1 Å². The Bertz CT molecular complexity index is 410. The summed E-state index contributed by atoms with van der Waals surface area (Å²) in [5.74, 6) is 0. The molecule has 2 rings (SSSR count). The molecular formula is C14H12. The standard InChI is InChI=1S/C14H12/c1-2-12-8-10-14(11-9-12)13-6-4-3-5-7-13/h2-11H,1H2. The Balaban J connectivity index is 2.39. The van der Waals surface area contributed by atoms with Gasteiger partial charge in [0.25, 0.3) is 0 Å². The van der Waals surface area contributed by atoms with Crippen molar-refractivity contribution < 1.29 is 0 Å². The zero-order chi connectivity index (χ0) is 9.80. The predicted molar refractivity (Wildman–Crippen MR) is 62.0 cm³/mol. The summed E-state index contributed by atoms with van der Waals surface area (Å²) in [4.78, 5) is 0. The van der Waals surface area contributed by atoms with Gasteiger partial charge in [-0.2, -0.15) is 0 Å². The summed E-state index contributed by atoms with van der Waals surface area (Å²) < 4.78 is 0. The number of rotatable bonds is 2. The SMILES string of the molecule is C=Cc1ccc(-c2ccccc2)cc1. The zero-order valence-corrected chi connectivity index (χ0v) is 7.98. The number of hydrogen-bond acceptors (Lipinski definition) is 0. The van der Waals surface area contributed by atoms with Crippen molar-refractivity contribution in [2.75, 3.05) is 0 Å². The zero-order valence-electron chi connectivity index (χ0n) is 7.98. The molecule has 0 heteroatoms. The lowest BCUT2D eigenvalue weighted by atomic mass is 10.0. The molecule has 0 radical (unpaired) electrons. The van der Waals surface area contributed by atoms with Crippen molar-refractivity contribution in [3.8, 4) is 11.1 Å². The van der Waals surface area contributed by atoms with Gasteiger partial charge in [0.05, 0.1) is 0 Å². The van der Waals surface area contributed by atoms with Crippen LogP contribution in [0, 0.1) is 0 Å². The van der Waals surface area contributed by atoms with Crippen molar-refractivity contribution >= 4 is 6.08 Å². The highest BCUT2D eigenvalue weighted by Crippen LogP contribution is 2.19. The molecular weight excluding hydrogens is 168 g/mol. The van der Waals surface area contributed by atoms with E-state index in [0.29, 0.717) is 0 Å². The lowest BCUT2D eigenvalue weighted by molar-refractivity contribution is 1.60. The van der Waals surface area contributed by atoms with E-state index in [2.05, 4.69) is 55.1 Å². The van der Waals surface area contributed by atoms with Crippen LogP contribution in [-0.2, 0) is 0 Å². The van der Waals surface area contributed by atoms with Gasteiger partial charge >= 0.3 is 0 Å². The van der Waals surface area contributed by atoms with E-state index in [-0.39, 0.29) is 0 Å². The maximum absolute atomic E-state index is 3.73. The highest BCUT2D eigenvalue weighted by molar-refractivity contribution is 5.65. The van der Waals surface area contributed by atoms with E-state index in [9.17, 15) is 0 Å². The molecule has 0 aliphatic rings. The monoisotopic (exact) mass is 180 g/mol. The van der Waals surface area contributed by atoms with E-state index in [1.54, 1.807) is 0 Å². The molecule has 68 valence electrons. The third-order valence-corrected chi connectivity index (χ3v) is 2.25. The van der Waals surface area contributed by atoms with Crippen LogP contribution in [0.3, 0.4) is 0 Å². The second-order valence-corrected chi connectivity index (χ2v) is 3.19. The van der Waals surface area contributed by atoms with Crippen molar-refractivity contribution in [1.29, 1.82) is 0 Å². The summed E-state index contributed by atoms with van der Waals surface area (Å²) in [6, 6.07) is 18.8. The molecule has 2 aromatic carbocycles. The van der Waals surface area contributed by atoms with Gasteiger partial charge < -0.3 is 0 Å². The van der Waals surface area contributed by atoms with E-state index < -0.39 is 0 Å². The lowest BCUT2D eigenvalue weighted by Crippen LogP contribution is -1.76. The van der Waals surface area contributed by atoms with Gasteiger partial charge in [-0.15, -0.1) is 0 Å². The Morgan fingerprint density at radius 1 is 0.714 bits per heavy atom. The van der Waals surface area contributed by atoms with Crippen molar-refractivity contribution in [2.45, 2.75) is 0 Å². The van der Waals surface area contributed by atoms with Gasteiger partial charge in [-0.3, -0.25) is 0 Å². The minimum Gasteiger partial charge on any atom is -0.0985 e. The fraction of sp³-hybridized carbons (Fsp3) is 0. The third kappa shape index (κ3) is 1.74. The first-order valence-electron chi connectivity index (χ1n) is 4.68. The van der Waals surface area contributed by atoms with Gasteiger partial charge in [0.2, 0.25) is 0 Å². The van der Waals surface area contributed by atoms with E-state index in [1.165, 1.54) is 11.1 Å². The molecule has 0 aliphatic carbocycles. The van der Waals surface area contributed by atoms with Gasteiger partial charge in [-0.1, -0.05) is 67.3 Å². The Labute approximate surface area is 84.5 Å². The summed E-state index contributed by atoms with van der Waals surface area (Å²) in [6.07, 6.45) is 1.86. The van der Waals surface area contributed by atoms with Gasteiger partial charge in [0.15, 0.2) is 0 Å². The molecule has 0 nitrogen and oxygen atoms in total. The lowest BCUT2D eigenvalue weighted by Gasteiger charge is -2.01. The van der Waals surface area contributed by atoms with Crippen LogP contribution < -0.4 is 0 Å². The number of hydrogen-bond donors (Lipinski definition) is 0. The van der Waals surface area contributed by atoms with Gasteiger partial charge in [-0.05, 0) is 16.7 Å². The maximum atomic E-state index is 3.73. The summed E-state index contributed by atoms with van der Waals surface area (Å²) in [6.45, 7) is 3.73. The van der Waals surface area contributed by atoms with Crippen LogP contribution >= 0.6 is 0 Å². The smallest absolute Gasteiger partial charge is 0.0184 e. The van der Waals surface area contributed by atoms with Crippen LogP contribution in [0.25, 0.3) is 17.2 Å².